The van der Waals surface area contributed by atoms with Crippen molar-refractivity contribution in [2.45, 2.75) is 13.5 Å². The molecule has 0 radical (unpaired) electrons. The Kier molecular flexibility index (Phi) is 5.14. The molecule has 0 saturated carbocycles. The smallest absolute Gasteiger partial charge is 0.252 e. The van der Waals surface area contributed by atoms with Gasteiger partial charge >= 0.3 is 0 Å². The molecule has 168 valence electrons. The summed E-state index contributed by atoms with van der Waals surface area (Å²) in [4.78, 5) is 24.9. The van der Waals surface area contributed by atoms with Gasteiger partial charge in [0.2, 0.25) is 0 Å². The largest absolute Gasteiger partial charge is 0.491 e. The number of hydrogen-bond acceptors (Lipinski definition) is 8. The molecule has 0 aliphatic carbocycles. The van der Waals surface area contributed by atoms with Crippen LogP contribution in [0, 0.1) is 5.41 Å². The summed E-state index contributed by atoms with van der Waals surface area (Å²) in [5, 5.41) is 8.93. The number of nitrogens with two attached hydrogens (primary N) is 1. The first-order valence-corrected chi connectivity index (χ1v) is 10.4. The minimum Gasteiger partial charge on any atom is -0.491 e. The average molecular weight is 445 g/mol. The molecular weight excluding hydrogens is 422 g/mol. The normalized spacial score (nSPS) is 14.6. The lowest BCUT2D eigenvalue weighted by molar-refractivity contribution is -0.111. The molecular formula is C23H23N7O3. The summed E-state index contributed by atoms with van der Waals surface area (Å²) in [6, 6.07) is 9.63. The molecule has 33 heavy (non-hydrogen) atoms. The van der Waals surface area contributed by atoms with E-state index in [4.69, 9.17) is 20.3 Å². The number of methoxy groups -OCH3 is 1. The van der Waals surface area contributed by atoms with Crippen LogP contribution in [-0.4, -0.2) is 51.0 Å². The molecule has 1 amide bonds. The lowest BCUT2D eigenvalue weighted by atomic mass is 9.89. The van der Waals surface area contributed by atoms with Crippen LogP contribution in [0.3, 0.4) is 0 Å². The molecule has 1 saturated heterocycles. The molecule has 1 aliphatic heterocycles. The molecule has 3 N–H and O–H groups in total. The molecule has 0 atom stereocenters. The van der Waals surface area contributed by atoms with Crippen LogP contribution in [0.25, 0.3) is 22.4 Å². The van der Waals surface area contributed by atoms with Crippen molar-refractivity contribution in [2.24, 2.45) is 11.1 Å². The lowest BCUT2D eigenvalue weighted by Crippen LogP contribution is -2.43. The predicted molar refractivity (Wildman–Crippen MR) is 122 cm³/mol. The van der Waals surface area contributed by atoms with Crippen LogP contribution in [-0.2, 0) is 11.3 Å². The number of carbonyl (C=O) groups is 1. The highest BCUT2D eigenvalue weighted by molar-refractivity contribution is 5.99. The van der Waals surface area contributed by atoms with Gasteiger partial charge in [-0.3, -0.25) is 14.5 Å². The third-order valence-corrected chi connectivity index (χ3v) is 5.62. The maximum Gasteiger partial charge on any atom is 0.252 e. The molecule has 10 nitrogen and oxygen atoms in total. The number of rotatable bonds is 7. The summed E-state index contributed by atoms with van der Waals surface area (Å²) in [5.41, 5.74) is 7.90. The third kappa shape index (κ3) is 3.85. The summed E-state index contributed by atoms with van der Waals surface area (Å²) in [6.07, 6.45) is 4.53. The molecule has 0 spiro atoms. The Morgan fingerprint density at radius 3 is 2.82 bits per heavy atom. The van der Waals surface area contributed by atoms with Crippen molar-refractivity contribution < 1.29 is 14.3 Å². The molecule has 0 unspecified atom stereocenters. The van der Waals surface area contributed by atoms with Crippen molar-refractivity contribution in [1.29, 1.82) is 0 Å². The number of aromatic nitrogens is 5. The van der Waals surface area contributed by atoms with Crippen LogP contribution in [0.2, 0.25) is 0 Å². The highest BCUT2D eigenvalue weighted by Gasteiger charge is 2.35. The summed E-state index contributed by atoms with van der Waals surface area (Å²) in [5.74, 6) is 0.623. The van der Waals surface area contributed by atoms with Crippen LogP contribution in [0.4, 0.5) is 11.5 Å². The van der Waals surface area contributed by atoms with Crippen LogP contribution >= 0.6 is 0 Å². The first-order chi connectivity index (χ1) is 16.0. The van der Waals surface area contributed by atoms with Crippen molar-refractivity contribution in [3.63, 3.8) is 0 Å². The van der Waals surface area contributed by atoms with E-state index in [0.717, 1.165) is 17.4 Å². The number of amides is 1. The van der Waals surface area contributed by atoms with Gasteiger partial charge in [0.1, 0.15) is 5.69 Å². The number of nitrogens with zero attached hydrogens (tertiary/aromatic N) is 5. The van der Waals surface area contributed by atoms with Gasteiger partial charge in [0, 0.05) is 23.2 Å². The second-order valence-corrected chi connectivity index (χ2v) is 8.35. The number of primary amides is 1. The summed E-state index contributed by atoms with van der Waals surface area (Å²) in [6.45, 7) is 4.33. The predicted octanol–water partition coefficient (Wildman–Crippen LogP) is 2.78. The van der Waals surface area contributed by atoms with Crippen molar-refractivity contribution in [3.05, 3.63) is 54.5 Å². The van der Waals surface area contributed by atoms with E-state index in [-0.39, 0.29) is 11.0 Å². The number of benzene rings is 1. The number of para-hydroxylation sites is 1. The van der Waals surface area contributed by atoms with Gasteiger partial charge in [0.25, 0.3) is 5.91 Å². The molecule has 0 bridgehead atoms. The maximum atomic E-state index is 11.8. The van der Waals surface area contributed by atoms with Crippen molar-refractivity contribution in [2.75, 3.05) is 25.6 Å². The topological polar surface area (TPSA) is 130 Å². The first-order valence-electron chi connectivity index (χ1n) is 10.4. The number of nitrogens with one attached hydrogen (secondary N) is 1. The number of carbonyl (C=O) groups excluding carboxylic acids is 1. The zero-order chi connectivity index (χ0) is 23.0. The average Bonchev–Trinajstić information content (AvgIpc) is 3.16. The lowest BCUT2D eigenvalue weighted by Gasteiger charge is -2.37. The van der Waals surface area contributed by atoms with Gasteiger partial charge in [-0.1, -0.05) is 25.1 Å². The highest BCUT2D eigenvalue weighted by atomic mass is 16.5. The molecule has 5 rings (SSSR count). The summed E-state index contributed by atoms with van der Waals surface area (Å²) in [7, 11) is 1.52. The van der Waals surface area contributed by atoms with Gasteiger partial charge in [-0.25, -0.2) is 9.97 Å². The number of ether oxygens (including phenoxy) is 2. The van der Waals surface area contributed by atoms with E-state index in [1.54, 1.807) is 18.5 Å². The maximum absolute atomic E-state index is 11.8. The van der Waals surface area contributed by atoms with Crippen LogP contribution in [0.15, 0.2) is 48.9 Å². The Balaban J connectivity index is 1.58. The second kappa shape index (κ2) is 8.14. The zero-order valence-electron chi connectivity index (χ0n) is 18.3. The van der Waals surface area contributed by atoms with E-state index in [1.807, 2.05) is 28.9 Å². The van der Waals surface area contributed by atoms with Crippen molar-refractivity contribution in [1.82, 2.24) is 24.7 Å². The molecule has 1 aliphatic rings. The Labute approximate surface area is 189 Å². The Morgan fingerprint density at radius 1 is 1.27 bits per heavy atom. The molecule has 4 aromatic rings. The Morgan fingerprint density at radius 2 is 2.09 bits per heavy atom. The highest BCUT2D eigenvalue weighted by Crippen LogP contribution is 2.34. The summed E-state index contributed by atoms with van der Waals surface area (Å²) < 4.78 is 12.8. The van der Waals surface area contributed by atoms with Gasteiger partial charge in [-0.2, -0.15) is 5.10 Å². The van der Waals surface area contributed by atoms with Gasteiger partial charge < -0.3 is 20.5 Å². The number of hydrogen-bond donors (Lipinski definition) is 2. The van der Waals surface area contributed by atoms with E-state index in [9.17, 15) is 4.79 Å². The van der Waals surface area contributed by atoms with Crippen LogP contribution in [0.1, 0.15) is 17.3 Å². The number of pyridine rings is 1. The van der Waals surface area contributed by atoms with Crippen molar-refractivity contribution >= 4 is 28.3 Å². The van der Waals surface area contributed by atoms with Crippen LogP contribution in [0.5, 0.6) is 5.75 Å². The van der Waals surface area contributed by atoms with E-state index in [1.165, 1.54) is 13.3 Å². The van der Waals surface area contributed by atoms with Gasteiger partial charge in [-0.15, -0.1) is 0 Å². The minimum absolute atomic E-state index is 0.0477. The summed E-state index contributed by atoms with van der Waals surface area (Å²) >= 11 is 0. The standard InChI is InChI=1S/C23H23N7O3/c1-23(12-33-13-23)11-30-17-6-4-3-5-14(17)19(29-30)22-26-10-18(32-2)21(28-22)27-16-7-8-25-9-15(16)20(24)31/h3-10H,11-13H2,1-2H3,(H2,24,31)(H,25,26,27,28). The van der Waals surface area contributed by atoms with Gasteiger partial charge in [-0.05, 0) is 12.1 Å². The van der Waals surface area contributed by atoms with Crippen molar-refractivity contribution in [3.8, 4) is 17.3 Å². The fraction of sp³-hybridized carbons (Fsp3) is 0.261. The van der Waals surface area contributed by atoms with E-state index >= 15 is 0 Å². The molecule has 3 aromatic heterocycles. The first kappa shape index (κ1) is 20.8. The minimum atomic E-state index is -0.600. The number of anilines is 2. The van der Waals surface area contributed by atoms with Gasteiger partial charge in [0.15, 0.2) is 17.4 Å². The van der Waals surface area contributed by atoms with E-state index in [2.05, 4.69) is 27.2 Å². The zero-order valence-corrected chi connectivity index (χ0v) is 18.3. The number of fused-ring (bicyclic) bond motifs is 1. The fourth-order valence-corrected chi connectivity index (χ4v) is 3.87. The Hall–Kier alpha value is -4.05. The fourth-order valence-electron chi connectivity index (χ4n) is 3.87. The molecule has 1 fully saturated rings. The van der Waals surface area contributed by atoms with E-state index in [0.29, 0.717) is 42.0 Å². The SMILES string of the molecule is COc1cnc(-c2nn(CC3(C)COC3)c3ccccc23)nc1Nc1ccncc1C(N)=O. The quantitative estimate of drug-likeness (QED) is 0.444. The Bertz CT molecular complexity index is 1350. The molecule has 1 aromatic carbocycles. The molecule has 10 heteroatoms. The third-order valence-electron chi connectivity index (χ3n) is 5.62. The van der Waals surface area contributed by atoms with E-state index < -0.39 is 5.91 Å². The monoisotopic (exact) mass is 445 g/mol. The molecule has 4 heterocycles. The van der Waals surface area contributed by atoms with Crippen LogP contribution < -0.4 is 15.8 Å². The second-order valence-electron chi connectivity index (χ2n) is 8.35. The van der Waals surface area contributed by atoms with Gasteiger partial charge in [0.05, 0.1) is 49.8 Å².